The Labute approximate surface area is 140 Å². The Hall–Kier alpha value is -2.79. The van der Waals surface area contributed by atoms with Gasteiger partial charge in [-0.05, 0) is 34.1 Å². The first-order valence-corrected chi connectivity index (χ1v) is 7.11. The highest BCUT2D eigenvalue weighted by molar-refractivity contribution is 9.10. The Balaban J connectivity index is 2.65. The summed E-state index contributed by atoms with van der Waals surface area (Å²) in [4.78, 5) is 23.5. The highest BCUT2D eigenvalue weighted by atomic mass is 79.9. The molecule has 0 radical (unpaired) electrons. The molecule has 0 aliphatic rings. The summed E-state index contributed by atoms with van der Waals surface area (Å²) in [6, 6.07) is 6.60. The van der Waals surface area contributed by atoms with Gasteiger partial charge in [-0.2, -0.15) is 5.26 Å². The van der Waals surface area contributed by atoms with Crippen LogP contribution in [-0.2, 0) is 9.47 Å². The van der Waals surface area contributed by atoms with Crippen molar-refractivity contribution < 1.29 is 19.1 Å². The summed E-state index contributed by atoms with van der Waals surface area (Å²) in [6.45, 7) is 0. The van der Waals surface area contributed by atoms with Crippen LogP contribution in [0.1, 0.15) is 26.4 Å². The Morgan fingerprint density at radius 3 is 2.43 bits per heavy atom. The van der Waals surface area contributed by atoms with E-state index in [-0.39, 0.29) is 16.9 Å². The third kappa shape index (κ3) is 2.91. The van der Waals surface area contributed by atoms with E-state index in [0.29, 0.717) is 15.7 Å². The number of benzene rings is 1. The number of hydrogen-bond donors (Lipinski definition) is 1. The van der Waals surface area contributed by atoms with E-state index in [1.807, 2.05) is 6.07 Å². The number of nitrogens with zero attached hydrogens (tertiary/aromatic N) is 2. The van der Waals surface area contributed by atoms with Crippen LogP contribution in [0, 0.1) is 11.3 Å². The van der Waals surface area contributed by atoms with Crippen LogP contribution >= 0.6 is 15.9 Å². The van der Waals surface area contributed by atoms with E-state index >= 15 is 0 Å². The molecule has 0 saturated carbocycles. The maximum Gasteiger partial charge on any atom is 0.357 e. The number of anilines is 1. The number of aromatic nitrogens is 1. The maximum atomic E-state index is 12.0. The van der Waals surface area contributed by atoms with Gasteiger partial charge >= 0.3 is 11.9 Å². The number of nitrogen functional groups attached to an aromatic ring is 1. The van der Waals surface area contributed by atoms with Gasteiger partial charge in [-0.25, -0.2) is 9.59 Å². The first-order chi connectivity index (χ1) is 10.9. The molecule has 0 amide bonds. The molecule has 0 bridgehead atoms. The van der Waals surface area contributed by atoms with Gasteiger partial charge in [0.15, 0.2) is 5.69 Å². The number of nitriles is 1. The number of ether oxygens (including phenoxy) is 2. The fraction of sp³-hybridized carbons (Fsp3) is 0.133. The third-order valence-corrected chi connectivity index (χ3v) is 3.81. The summed E-state index contributed by atoms with van der Waals surface area (Å²) in [6.07, 6.45) is 1.43. The largest absolute Gasteiger partial charge is 0.465 e. The van der Waals surface area contributed by atoms with Crippen molar-refractivity contribution in [3.63, 3.8) is 0 Å². The molecule has 2 N–H and O–H groups in total. The fourth-order valence-corrected chi connectivity index (χ4v) is 2.62. The van der Waals surface area contributed by atoms with E-state index in [0.717, 1.165) is 0 Å². The Morgan fingerprint density at radius 2 is 1.91 bits per heavy atom. The number of rotatable bonds is 3. The first kappa shape index (κ1) is 16.6. The van der Waals surface area contributed by atoms with Crippen LogP contribution in [0.4, 0.5) is 5.69 Å². The number of methoxy groups -OCH3 is 2. The predicted octanol–water partition coefficient (Wildman–Crippen LogP) is 2.27. The van der Waals surface area contributed by atoms with Crippen LogP contribution in [0.5, 0.6) is 0 Å². The van der Waals surface area contributed by atoms with Gasteiger partial charge < -0.3 is 19.8 Å². The van der Waals surface area contributed by atoms with E-state index < -0.39 is 11.9 Å². The average Bonchev–Trinajstić information content (AvgIpc) is 2.89. The average molecular weight is 378 g/mol. The van der Waals surface area contributed by atoms with Crippen molar-refractivity contribution in [1.82, 2.24) is 4.57 Å². The molecular formula is C15H12BrN3O4. The predicted molar refractivity (Wildman–Crippen MR) is 85.3 cm³/mol. The zero-order valence-corrected chi connectivity index (χ0v) is 13.9. The standard InChI is InChI=1S/C15H12BrN3O4/c1-22-14(20)8-3-4-11(10(16)5-8)19-7-9(6-17)12(18)13(19)15(21)23-2/h3-5,7H,18H2,1-2H3. The van der Waals surface area contributed by atoms with Gasteiger partial charge in [-0.15, -0.1) is 0 Å². The lowest BCUT2D eigenvalue weighted by molar-refractivity contribution is 0.0586. The lowest BCUT2D eigenvalue weighted by atomic mass is 10.2. The molecule has 1 heterocycles. The minimum absolute atomic E-state index is 0.0308. The van der Waals surface area contributed by atoms with E-state index in [4.69, 9.17) is 15.7 Å². The second kappa shape index (κ2) is 6.54. The van der Waals surface area contributed by atoms with Gasteiger partial charge in [-0.3, -0.25) is 0 Å². The van der Waals surface area contributed by atoms with Crippen molar-refractivity contribution >= 4 is 33.6 Å². The van der Waals surface area contributed by atoms with Crippen LogP contribution in [0.2, 0.25) is 0 Å². The highest BCUT2D eigenvalue weighted by Gasteiger charge is 2.23. The van der Waals surface area contributed by atoms with Gasteiger partial charge in [0.05, 0.1) is 36.7 Å². The first-order valence-electron chi connectivity index (χ1n) is 6.32. The van der Waals surface area contributed by atoms with Crippen molar-refractivity contribution in [2.75, 3.05) is 20.0 Å². The summed E-state index contributed by atoms with van der Waals surface area (Å²) in [7, 11) is 2.51. The van der Waals surface area contributed by atoms with Crippen molar-refractivity contribution in [3.05, 3.63) is 45.7 Å². The molecule has 23 heavy (non-hydrogen) atoms. The van der Waals surface area contributed by atoms with Crippen LogP contribution in [-0.4, -0.2) is 30.7 Å². The summed E-state index contributed by atoms with van der Waals surface area (Å²) in [5, 5.41) is 9.11. The zero-order chi connectivity index (χ0) is 17.1. The molecule has 2 rings (SSSR count). The summed E-state index contributed by atoms with van der Waals surface area (Å²) >= 11 is 3.34. The van der Waals surface area contributed by atoms with E-state index in [1.54, 1.807) is 12.1 Å². The third-order valence-electron chi connectivity index (χ3n) is 3.17. The molecule has 8 heteroatoms. The molecule has 0 saturated heterocycles. The Morgan fingerprint density at radius 1 is 1.26 bits per heavy atom. The number of nitrogens with two attached hydrogens (primary N) is 1. The van der Waals surface area contributed by atoms with Crippen molar-refractivity contribution in [3.8, 4) is 11.8 Å². The fourth-order valence-electron chi connectivity index (χ4n) is 2.05. The smallest absolute Gasteiger partial charge is 0.357 e. The van der Waals surface area contributed by atoms with E-state index in [1.165, 1.54) is 31.0 Å². The molecule has 0 unspecified atom stereocenters. The molecule has 1 aromatic heterocycles. The molecule has 2 aromatic rings. The molecule has 0 aliphatic carbocycles. The zero-order valence-electron chi connectivity index (χ0n) is 12.3. The van der Waals surface area contributed by atoms with Gasteiger partial charge in [0.1, 0.15) is 6.07 Å². The van der Waals surface area contributed by atoms with Crippen LogP contribution in [0.3, 0.4) is 0 Å². The molecule has 0 fully saturated rings. The van der Waals surface area contributed by atoms with Crippen molar-refractivity contribution in [1.29, 1.82) is 5.26 Å². The summed E-state index contributed by atoms with van der Waals surface area (Å²) in [5.41, 5.74) is 6.92. The molecular weight excluding hydrogens is 366 g/mol. The van der Waals surface area contributed by atoms with Crippen LogP contribution in [0.25, 0.3) is 5.69 Å². The second-order valence-corrected chi connectivity index (χ2v) is 5.29. The second-order valence-electron chi connectivity index (χ2n) is 4.44. The molecule has 0 atom stereocenters. The number of carbonyl (C=O) groups excluding carboxylic acids is 2. The molecule has 7 nitrogen and oxygen atoms in total. The van der Waals surface area contributed by atoms with E-state index in [9.17, 15) is 9.59 Å². The lowest BCUT2D eigenvalue weighted by Crippen LogP contribution is -2.11. The number of carbonyl (C=O) groups is 2. The molecule has 1 aromatic carbocycles. The maximum absolute atomic E-state index is 12.0. The SMILES string of the molecule is COC(=O)c1ccc(-n2cc(C#N)c(N)c2C(=O)OC)c(Br)c1. The van der Waals surface area contributed by atoms with Gasteiger partial charge in [0.2, 0.25) is 0 Å². The normalized spacial score (nSPS) is 10.0. The molecule has 0 spiro atoms. The monoisotopic (exact) mass is 377 g/mol. The van der Waals surface area contributed by atoms with Crippen molar-refractivity contribution in [2.45, 2.75) is 0 Å². The number of halogens is 1. The molecule has 118 valence electrons. The quantitative estimate of drug-likeness (QED) is 0.821. The number of hydrogen-bond acceptors (Lipinski definition) is 6. The Kier molecular flexibility index (Phi) is 4.71. The molecule has 0 aliphatic heterocycles. The van der Waals surface area contributed by atoms with Crippen LogP contribution < -0.4 is 5.73 Å². The van der Waals surface area contributed by atoms with Gasteiger partial charge in [-0.1, -0.05) is 0 Å². The minimum Gasteiger partial charge on any atom is -0.465 e. The number of esters is 2. The Bertz CT molecular complexity index is 836. The lowest BCUT2D eigenvalue weighted by Gasteiger charge is -2.11. The highest BCUT2D eigenvalue weighted by Crippen LogP contribution is 2.29. The van der Waals surface area contributed by atoms with Crippen LogP contribution in [0.15, 0.2) is 28.9 Å². The topological polar surface area (TPSA) is 107 Å². The van der Waals surface area contributed by atoms with Crippen molar-refractivity contribution in [2.24, 2.45) is 0 Å². The minimum atomic E-state index is -0.673. The van der Waals surface area contributed by atoms with E-state index in [2.05, 4.69) is 20.7 Å². The van der Waals surface area contributed by atoms with Gasteiger partial charge in [0, 0.05) is 10.7 Å². The van der Waals surface area contributed by atoms with Gasteiger partial charge in [0.25, 0.3) is 0 Å². The summed E-state index contributed by atoms with van der Waals surface area (Å²) < 4.78 is 11.3. The summed E-state index contributed by atoms with van der Waals surface area (Å²) in [5.74, 6) is -1.16.